The molecule has 1 heterocycles. The summed E-state index contributed by atoms with van der Waals surface area (Å²) < 4.78 is 5.95. The van der Waals surface area contributed by atoms with Crippen LogP contribution < -0.4 is 4.74 Å². The van der Waals surface area contributed by atoms with Crippen molar-refractivity contribution in [3.63, 3.8) is 0 Å². The van der Waals surface area contributed by atoms with E-state index in [9.17, 15) is 0 Å². The monoisotopic (exact) mass is 300 g/mol. The highest BCUT2D eigenvalue weighted by molar-refractivity contribution is 7.08. The lowest BCUT2D eigenvalue weighted by molar-refractivity contribution is 0.307. The zero-order valence-electron chi connectivity index (χ0n) is 10.8. The summed E-state index contributed by atoms with van der Waals surface area (Å²) in [5, 5.41) is 4.87. The van der Waals surface area contributed by atoms with Gasteiger partial charge >= 0.3 is 0 Å². The topological polar surface area (TPSA) is 9.23 Å². The van der Waals surface area contributed by atoms with E-state index in [1.807, 2.05) is 36.4 Å². The second-order valence-electron chi connectivity index (χ2n) is 4.43. The Morgan fingerprint density at radius 3 is 2.60 bits per heavy atom. The summed E-state index contributed by atoms with van der Waals surface area (Å²) in [5.74, 6) is 0.858. The van der Waals surface area contributed by atoms with Gasteiger partial charge in [0.1, 0.15) is 12.4 Å². The van der Waals surface area contributed by atoms with Gasteiger partial charge in [-0.2, -0.15) is 11.3 Å². The van der Waals surface area contributed by atoms with Gasteiger partial charge in [-0.05, 0) is 46.2 Å². The van der Waals surface area contributed by atoms with E-state index in [1.54, 1.807) is 11.3 Å². The predicted octanol–water partition coefficient (Wildman–Crippen LogP) is 5.65. The minimum absolute atomic E-state index is 0.555. The first-order valence-electron chi connectivity index (χ1n) is 6.32. The summed E-state index contributed by atoms with van der Waals surface area (Å²) in [7, 11) is 0. The van der Waals surface area contributed by atoms with Crippen molar-refractivity contribution in [1.29, 1.82) is 0 Å². The van der Waals surface area contributed by atoms with E-state index >= 15 is 0 Å². The molecule has 3 heteroatoms. The summed E-state index contributed by atoms with van der Waals surface area (Å²) in [6.45, 7) is 0.555. The van der Waals surface area contributed by atoms with Crippen LogP contribution in [0.2, 0.25) is 5.02 Å². The highest BCUT2D eigenvalue weighted by Crippen LogP contribution is 2.34. The van der Waals surface area contributed by atoms with Crippen molar-refractivity contribution in [3.05, 3.63) is 75.9 Å². The molecule has 3 rings (SSSR count). The second kappa shape index (κ2) is 6.12. The molecule has 3 aromatic rings. The van der Waals surface area contributed by atoms with Gasteiger partial charge in [0.25, 0.3) is 0 Å². The van der Waals surface area contributed by atoms with Gasteiger partial charge in [-0.25, -0.2) is 0 Å². The Kier molecular flexibility index (Phi) is 4.05. The first-order chi connectivity index (χ1) is 9.83. The third-order valence-corrected chi connectivity index (χ3v) is 3.93. The van der Waals surface area contributed by atoms with Crippen molar-refractivity contribution in [2.24, 2.45) is 0 Å². The van der Waals surface area contributed by atoms with Crippen LogP contribution >= 0.6 is 22.9 Å². The van der Waals surface area contributed by atoms with Crippen molar-refractivity contribution in [2.45, 2.75) is 6.61 Å². The van der Waals surface area contributed by atoms with Crippen LogP contribution in [0.1, 0.15) is 5.56 Å². The lowest BCUT2D eigenvalue weighted by Gasteiger charge is -2.11. The fourth-order valence-corrected chi connectivity index (χ4v) is 2.83. The molecule has 0 spiro atoms. The molecule has 0 unspecified atom stereocenters. The Balaban J connectivity index is 1.86. The molecule has 0 N–H and O–H groups in total. The molecule has 0 aliphatic heterocycles. The average Bonchev–Trinajstić information content (AvgIpc) is 3.01. The number of halogens is 1. The van der Waals surface area contributed by atoms with Crippen molar-refractivity contribution >= 4 is 22.9 Å². The van der Waals surface area contributed by atoms with Crippen LogP contribution in [0.3, 0.4) is 0 Å². The minimum atomic E-state index is 0.555. The van der Waals surface area contributed by atoms with Crippen molar-refractivity contribution in [1.82, 2.24) is 0 Å². The van der Waals surface area contributed by atoms with Crippen molar-refractivity contribution in [2.75, 3.05) is 0 Å². The molecule has 0 aliphatic carbocycles. The van der Waals surface area contributed by atoms with Crippen LogP contribution in [0.5, 0.6) is 5.75 Å². The van der Waals surface area contributed by atoms with Gasteiger partial charge in [-0.1, -0.05) is 41.9 Å². The molecule has 0 atom stereocenters. The van der Waals surface area contributed by atoms with Gasteiger partial charge in [0.2, 0.25) is 0 Å². The lowest BCUT2D eigenvalue weighted by Crippen LogP contribution is -1.96. The van der Waals surface area contributed by atoms with Gasteiger partial charge in [0.05, 0.1) is 0 Å². The normalized spacial score (nSPS) is 10.4. The molecule has 0 saturated carbocycles. The van der Waals surface area contributed by atoms with E-state index in [4.69, 9.17) is 16.3 Å². The summed E-state index contributed by atoms with van der Waals surface area (Å²) in [5.41, 5.74) is 3.33. The van der Waals surface area contributed by atoms with Crippen molar-refractivity contribution < 1.29 is 4.74 Å². The van der Waals surface area contributed by atoms with Gasteiger partial charge in [0, 0.05) is 10.6 Å². The first-order valence-corrected chi connectivity index (χ1v) is 7.64. The second-order valence-corrected chi connectivity index (χ2v) is 5.64. The van der Waals surface area contributed by atoms with Gasteiger partial charge in [-0.3, -0.25) is 0 Å². The maximum absolute atomic E-state index is 6.10. The molecule has 1 aromatic heterocycles. The van der Waals surface area contributed by atoms with Gasteiger partial charge < -0.3 is 4.74 Å². The molecule has 0 amide bonds. The van der Waals surface area contributed by atoms with Crippen LogP contribution in [0, 0.1) is 0 Å². The Hall–Kier alpha value is -1.77. The van der Waals surface area contributed by atoms with E-state index in [0.717, 1.165) is 27.5 Å². The molecule has 100 valence electrons. The Morgan fingerprint density at radius 1 is 1.00 bits per heavy atom. The summed E-state index contributed by atoms with van der Waals surface area (Å²) in [6, 6.07) is 18.0. The SMILES string of the molecule is Clc1ccc(OCc2ccccc2)c(-c2ccsc2)c1. The molecule has 0 bridgehead atoms. The molecular weight excluding hydrogens is 288 g/mol. The average molecular weight is 301 g/mol. The third-order valence-electron chi connectivity index (χ3n) is 3.01. The molecule has 20 heavy (non-hydrogen) atoms. The molecule has 0 radical (unpaired) electrons. The number of ether oxygens (including phenoxy) is 1. The fourth-order valence-electron chi connectivity index (χ4n) is 2.01. The number of hydrogen-bond acceptors (Lipinski definition) is 2. The first kappa shape index (κ1) is 13.2. The Labute approximate surface area is 127 Å². The van der Waals surface area contributed by atoms with E-state index in [2.05, 4.69) is 29.0 Å². The smallest absolute Gasteiger partial charge is 0.127 e. The van der Waals surface area contributed by atoms with E-state index in [0.29, 0.717) is 6.61 Å². The Morgan fingerprint density at radius 2 is 1.85 bits per heavy atom. The molecular formula is C17H13ClOS. The number of benzene rings is 2. The Bertz CT molecular complexity index is 677. The number of hydrogen-bond donors (Lipinski definition) is 0. The zero-order valence-corrected chi connectivity index (χ0v) is 12.3. The molecule has 2 aromatic carbocycles. The summed E-state index contributed by atoms with van der Waals surface area (Å²) in [6.07, 6.45) is 0. The van der Waals surface area contributed by atoms with Crippen LogP contribution in [0.4, 0.5) is 0 Å². The van der Waals surface area contributed by atoms with Gasteiger partial charge in [0.15, 0.2) is 0 Å². The van der Waals surface area contributed by atoms with Crippen LogP contribution in [0.25, 0.3) is 11.1 Å². The molecule has 0 saturated heterocycles. The van der Waals surface area contributed by atoms with Crippen molar-refractivity contribution in [3.8, 4) is 16.9 Å². The zero-order chi connectivity index (χ0) is 13.8. The lowest BCUT2D eigenvalue weighted by atomic mass is 10.1. The fraction of sp³-hybridized carbons (Fsp3) is 0.0588. The largest absolute Gasteiger partial charge is 0.488 e. The van der Waals surface area contributed by atoms with E-state index in [1.165, 1.54) is 0 Å². The minimum Gasteiger partial charge on any atom is -0.488 e. The van der Waals surface area contributed by atoms with Crippen LogP contribution in [0.15, 0.2) is 65.4 Å². The quantitative estimate of drug-likeness (QED) is 0.605. The summed E-state index contributed by atoms with van der Waals surface area (Å²) in [4.78, 5) is 0. The van der Waals surface area contributed by atoms with Crippen LogP contribution in [-0.2, 0) is 6.61 Å². The predicted molar refractivity (Wildman–Crippen MR) is 85.5 cm³/mol. The van der Waals surface area contributed by atoms with Crippen LogP contribution in [-0.4, -0.2) is 0 Å². The highest BCUT2D eigenvalue weighted by atomic mass is 35.5. The summed E-state index contributed by atoms with van der Waals surface area (Å²) >= 11 is 7.76. The molecule has 0 fully saturated rings. The maximum Gasteiger partial charge on any atom is 0.127 e. The van der Waals surface area contributed by atoms with E-state index in [-0.39, 0.29) is 0 Å². The van der Waals surface area contributed by atoms with E-state index < -0.39 is 0 Å². The third kappa shape index (κ3) is 3.03. The molecule has 1 nitrogen and oxygen atoms in total. The molecule has 0 aliphatic rings. The number of rotatable bonds is 4. The standard InChI is InChI=1S/C17H13ClOS/c18-15-6-7-17(16(10-15)14-8-9-20-12-14)19-11-13-4-2-1-3-5-13/h1-10,12H,11H2. The number of thiophene rings is 1. The maximum atomic E-state index is 6.10. The highest BCUT2D eigenvalue weighted by Gasteiger charge is 2.08. The van der Waals surface area contributed by atoms with Gasteiger partial charge in [-0.15, -0.1) is 0 Å².